The van der Waals surface area contributed by atoms with E-state index in [1.807, 2.05) is 17.5 Å². The number of thiophene rings is 1. The Kier molecular flexibility index (Phi) is 4.26. The van der Waals surface area contributed by atoms with Gasteiger partial charge in [0.1, 0.15) is 4.88 Å². The van der Waals surface area contributed by atoms with E-state index in [1.54, 1.807) is 6.07 Å². The molecule has 0 radical (unpaired) electrons. The van der Waals surface area contributed by atoms with Gasteiger partial charge in [-0.05, 0) is 24.3 Å². The highest BCUT2D eigenvalue weighted by atomic mass is 32.1. The fraction of sp³-hybridized carbons (Fsp3) is 0.300. The van der Waals surface area contributed by atoms with Gasteiger partial charge >= 0.3 is 5.97 Å². The van der Waals surface area contributed by atoms with Gasteiger partial charge in [0.05, 0.1) is 6.61 Å². The van der Waals surface area contributed by atoms with Gasteiger partial charge < -0.3 is 4.74 Å². The lowest BCUT2D eigenvalue weighted by Gasteiger charge is -2.00. The van der Waals surface area contributed by atoms with Crippen LogP contribution in [0.4, 0.5) is 0 Å². The van der Waals surface area contributed by atoms with Crippen molar-refractivity contribution >= 4 is 17.3 Å². The molecule has 1 aromatic rings. The Bertz CT molecular complexity index is 264. The molecule has 0 aliphatic heterocycles. The second-order valence-electron chi connectivity index (χ2n) is 2.54. The van der Waals surface area contributed by atoms with Gasteiger partial charge in [-0.2, -0.15) is 0 Å². The third kappa shape index (κ3) is 3.42. The summed E-state index contributed by atoms with van der Waals surface area (Å²) in [5.74, 6) is -0.223. The minimum atomic E-state index is -0.223. The monoisotopic (exact) mass is 196 g/mol. The molecule has 2 nitrogen and oxygen atoms in total. The van der Waals surface area contributed by atoms with E-state index in [0.717, 1.165) is 12.8 Å². The van der Waals surface area contributed by atoms with Crippen molar-refractivity contribution in [3.63, 3.8) is 0 Å². The van der Waals surface area contributed by atoms with Crippen molar-refractivity contribution in [2.45, 2.75) is 12.8 Å². The second-order valence-corrected chi connectivity index (χ2v) is 3.49. The molecule has 0 spiro atoms. The van der Waals surface area contributed by atoms with Crippen LogP contribution in [0.25, 0.3) is 0 Å². The Balaban J connectivity index is 2.23. The molecule has 0 bridgehead atoms. The molecule has 0 aliphatic carbocycles. The Hall–Kier alpha value is -1.09. The smallest absolute Gasteiger partial charge is 0.348 e. The van der Waals surface area contributed by atoms with Crippen LogP contribution in [0.5, 0.6) is 0 Å². The highest BCUT2D eigenvalue weighted by Gasteiger charge is 2.06. The topological polar surface area (TPSA) is 26.3 Å². The molecule has 0 N–H and O–H groups in total. The average Bonchev–Trinajstić information content (AvgIpc) is 2.65. The van der Waals surface area contributed by atoms with E-state index in [9.17, 15) is 4.79 Å². The molecule has 70 valence electrons. The number of ether oxygens (including phenoxy) is 1. The molecule has 1 heterocycles. The number of esters is 1. The minimum absolute atomic E-state index is 0.223. The quantitative estimate of drug-likeness (QED) is 0.411. The van der Waals surface area contributed by atoms with Crippen LogP contribution in [-0.2, 0) is 4.74 Å². The first kappa shape index (κ1) is 9.99. The number of hydrogen-bond donors (Lipinski definition) is 0. The van der Waals surface area contributed by atoms with Crippen LogP contribution < -0.4 is 0 Å². The maximum Gasteiger partial charge on any atom is 0.348 e. The SMILES string of the molecule is C=CCCCOC(=O)c1cccs1. The van der Waals surface area contributed by atoms with Crippen molar-refractivity contribution in [3.05, 3.63) is 35.0 Å². The average molecular weight is 196 g/mol. The summed E-state index contributed by atoms with van der Waals surface area (Å²) < 4.78 is 5.01. The zero-order chi connectivity index (χ0) is 9.52. The molecule has 0 amide bonds. The number of allylic oxidation sites excluding steroid dienone is 1. The second kappa shape index (κ2) is 5.54. The number of unbranched alkanes of at least 4 members (excludes halogenated alkanes) is 1. The first-order valence-electron chi connectivity index (χ1n) is 4.16. The summed E-state index contributed by atoms with van der Waals surface area (Å²) in [7, 11) is 0. The van der Waals surface area contributed by atoms with Gasteiger partial charge in [0, 0.05) is 0 Å². The summed E-state index contributed by atoms with van der Waals surface area (Å²) in [5.41, 5.74) is 0. The van der Waals surface area contributed by atoms with Crippen LogP contribution in [0, 0.1) is 0 Å². The van der Waals surface area contributed by atoms with Gasteiger partial charge in [0.15, 0.2) is 0 Å². The summed E-state index contributed by atoms with van der Waals surface area (Å²) >= 11 is 1.40. The van der Waals surface area contributed by atoms with E-state index < -0.39 is 0 Å². The maximum atomic E-state index is 11.2. The standard InChI is InChI=1S/C10H12O2S/c1-2-3-4-7-12-10(11)9-6-5-8-13-9/h2,5-6,8H,1,3-4,7H2. The van der Waals surface area contributed by atoms with Crippen LogP contribution in [0.15, 0.2) is 30.2 Å². The zero-order valence-electron chi connectivity index (χ0n) is 7.36. The van der Waals surface area contributed by atoms with Gasteiger partial charge in [0.2, 0.25) is 0 Å². The van der Waals surface area contributed by atoms with Gasteiger partial charge in [-0.25, -0.2) is 4.79 Å². The molecular weight excluding hydrogens is 184 g/mol. The highest BCUT2D eigenvalue weighted by molar-refractivity contribution is 7.11. The minimum Gasteiger partial charge on any atom is -0.461 e. The number of rotatable bonds is 5. The summed E-state index contributed by atoms with van der Waals surface area (Å²) in [6.07, 6.45) is 3.55. The third-order valence-electron chi connectivity index (χ3n) is 1.51. The van der Waals surface area contributed by atoms with E-state index in [0.29, 0.717) is 11.5 Å². The molecule has 0 saturated heterocycles. The largest absolute Gasteiger partial charge is 0.461 e. The molecule has 13 heavy (non-hydrogen) atoms. The van der Waals surface area contributed by atoms with Gasteiger partial charge in [0.25, 0.3) is 0 Å². The first-order valence-corrected chi connectivity index (χ1v) is 5.04. The fourth-order valence-electron chi connectivity index (χ4n) is 0.858. The lowest BCUT2D eigenvalue weighted by molar-refractivity contribution is 0.0507. The van der Waals surface area contributed by atoms with Crippen molar-refractivity contribution in [2.75, 3.05) is 6.61 Å². The van der Waals surface area contributed by atoms with Crippen LogP contribution in [0.2, 0.25) is 0 Å². The van der Waals surface area contributed by atoms with E-state index in [4.69, 9.17) is 4.74 Å². The summed E-state index contributed by atoms with van der Waals surface area (Å²) in [6.45, 7) is 4.06. The van der Waals surface area contributed by atoms with Crippen LogP contribution in [0.3, 0.4) is 0 Å². The molecule has 0 aromatic carbocycles. The number of carbonyl (C=O) groups is 1. The van der Waals surface area contributed by atoms with E-state index in [2.05, 4.69) is 6.58 Å². The zero-order valence-corrected chi connectivity index (χ0v) is 8.18. The van der Waals surface area contributed by atoms with Crippen molar-refractivity contribution in [1.29, 1.82) is 0 Å². The Labute approximate surface area is 81.8 Å². The molecule has 0 atom stereocenters. The fourth-order valence-corrected chi connectivity index (χ4v) is 1.47. The van der Waals surface area contributed by atoms with Crippen molar-refractivity contribution in [2.24, 2.45) is 0 Å². The molecular formula is C10H12O2S. The normalized spacial score (nSPS) is 9.54. The van der Waals surface area contributed by atoms with Crippen molar-refractivity contribution in [1.82, 2.24) is 0 Å². The van der Waals surface area contributed by atoms with Gasteiger partial charge in [-0.15, -0.1) is 17.9 Å². The molecule has 0 aliphatic rings. The Morgan fingerprint density at radius 2 is 2.54 bits per heavy atom. The molecule has 0 unspecified atom stereocenters. The van der Waals surface area contributed by atoms with Crippen LogP contribution >= 0.6 is 11.3 Å². The lowest BCUT2D eigenvalue weighted by Crippen LogP contribution is -2.03. The van der Waals surface area contributed by atoms with Crippen molar-refractivity contribution < 1.29 is 9.53 Å². The summed E-state index contributed by atoms with van der Waals surface area (Å²) in [6, 6.07) is 3.60. The third-order valence-corrected chi connectivity index (χ3v) is 2.36. The number of hydrogen-bond acceptors (Lipinski definition) is 3. The Morgan fingerprint density at radius 1 is 1.69 bits per heavy atom. The number of carbonyl (C=O) groups excluding carboxylic acids is 1. The van der Waals surface area contributed by atoms with Crippen LogP contribution in [-0.4, -0.2) is 12.6 Å². The first-order chi connectivity index (χ1) is 6.34. The van der Waals surface area contributed by atoms with Gasteiger partial charge in [-0.1, -0.05) is 12.1 Å². The summed E-state index contributed by atoms with van der Waals surface area (Å²) in [4.78, 5) is 11.9. The molecule has 1 rings (SSSR count). The van der Waals surface area contributed by atoms with Gasteiger partial charge in [-0.3, -0.25) is 0 Å². The van der Waals surface area contributed by atoms with E-state index >= 15 is 0 Å². The van der Waals surface area contributed by atoms with E-state index in [1.165, 1.54) is 11.3 Å². The molecule has 3 heteroatoms. The van der Waals surface area contributed by atoms with Crippen LogP contribution in [0.1, 0.15) is 22.5 Å². The summed E-state index contributed by atoms with van der Waals surface area (Å²) in [5, 5.41) is 1.86. The molecule has 0 fully saturated rings. The maximum absolute atomic E-state index is 11.2. The molecule has 0 saturated carbocycles. The Morgan fingerprint density at radius 3 is 3.15 bits per heavy atom. The predicted octanol–water partition coefficient (Wildman–Crippen LogP) is 2.87. The predicted molar refractivity (Wildman–Crippen MR) is 54.0 cm³/mol. The van der Waals surface area contributed by atoms with Crippen molar-refractivity contribution in [3.8, 4) is 0 Å². The lowest BCUT2D eigenvalue weighted by atomic mass is 10.3. The van der Waals surface area contributed by atoms with E-state index in [-0.39, 0.29) is 5.97 Å². The highest BCUT2D eigenvalue weighted by Crippen LogP contribution is 2.09. The molecule has 1 aromatic heterocycles.